The molecule has 0 amide bonds. The van der Waals surface area contributed by atoms with Crippen molar-refractivity contribution < 1.29 is 4.42 Å². The fraction of sp³-hybridized carbons (Fsp3) is 0.312. The van der Waals surface area contributed by atoms with E-state index in [1.807, 2.05) is 37.4 Å². The topological polar surface area (TPSA) is 35.1 Å². The molecule has 0 atom stereocenters. The minimum Gasteiger partial charge on any atom is -0.427 e. The van der Waals surface area contributed by atoms with Crippen LogP contribution in [0.1, 0.15) is 25.5 Å². The maximum atomic E-state index is 12.2. The van der Waals surface area contributed by atoms with Gasteiger partial charge in [0, 0.05) is 30.4 Å². The van der Waals surface area contributed by atoms with Crippen LogP contribution in [0.5, 0.6) is 0 Å². The molecule has 0 N–H and O–H groups in total. The van der Waals surface area contributed by atoms with E-state index in [2.05, 4.69) is 11.5 Å². The van der Waals surface area contributed by atoms with Crippen molar-refractivity contribution in [1.82, 2.24) is 4.57 Å². The molecular formula is C16H17NO2. The molecule has 3 rings (SSSR count). The molecule has 0 aliphatic carbocycles. The minimum absolute atomic E-state index is 0.222. The number of unbranched alkanes of at least 4 members (excludes halogenated alkanes) is 1. The van der Waals surface area contributed by atoms with E-state index in [4.69, 9.17) is 4.42 Å². The van der Waals surface area contributed by atoms with Gasteiger partial charge in [-0.3, -0.25) is 0 Å². The fourth-order valence-electron chi connectivity index (χ4n) is 2.62. The quantitative estimate of drug-likeness (QED) is 0.716. The number of aryl methyl sites for hydroxylation is 2. The standard InChI is InChI=1S/C16H17NO2/c1-3-4-7-11-10-14-15(16(18)19-11)12-8-5-6-9-13(12)17(14)2/h5-6,8-10H,3-4,7H2,1-2H3. The number of fused-ring (bicyclic) bond motifs is 3. The highest BCUT2D eigenvalue weighted by molar-refractivity contribution is 6.07. The average molecular weight is 255 g/mol. The number of nitrogens with zero attached hydrogens (tertiary/aromatic N) is 1. The zero-order valence-corrected chi connectivity index (χ0v) is 11.3. The largest absolute Gasteiger partial charge is 0.427 e. The summed E-state index contributed by atoms with van der Waals surface area (Å²) in [5.41, 5.74) is 1.81. The van der Waals surface area contributed by atoms with Gasteiger partial charge in [0.2, 0.25) is 0 Å². The Bertz CT molecular complexity index is 795. The van der Waals surface area contributed by atoms with Crippen LogP contribution in [0.2, 0.25) is 0 Å². The molecule has 2 aromatic heterocycles. The van der Waals surface area contributed by atoms with Gasteiger partial charge in [-0.1, -0.05) is 31.5 Å². The van der Waals surface area contributed by atoms with Gasteiger partial charge in [-0.25, -0.2) is 4.79 Å². The van der Waals surface area contributed by atoms with Crippen LogP contribution in [0.25, 0.3) is 21.8 Å². The van der Waals surface area contributed by atoms with Gasteiger partial charge in [-0.05, 0) is 12.5 Å². The smallest absolute Gasteiger partial charge is 0.346 e. The minimum atomic E-state index is -0.222. The molecule has 3 nitrogen and oxygen atoms in total. The number of aromatic nitrogens is 1. The summed E-state index contributed by atoms with van der Waals surface area (Å²) in [6.07, 6.45) is 2.96. The summed E-state index contributed by atoms with van der Waals surface area (Å²) in [6.45, 7) is 2.13. The number of benzene rings is 1. The Morgan fingerprint density at radius 3 is 2.79 bits per heavy atom. The lowest BCUT2D eigenvalue weighted by atomic mass is 10.1. The van der Waals surface area contributed by atoms with Gasteiger partial charge < -0.3 is 8.98 Å². The predicted molar refractivity (Wildman–Crippen MR) is 77.6 cm³/mol. The van der Waals surface area contributed by atoms with Crippen LogP contribution in [0.15, 0.2) is 39.5 Å². The van der Waals surface area contributed by atoms with E-state index < -0.39 is 0 Å². The first kappa shape index (κ1) is 12.0. The summed E-state index contributed by atoms with van der Waals surface area (Å²) < 4.78 is 7.51. The highest BCUT2D eigenvalue weighted by atomic mass is 16.4. The molecule has 0 fully saturated rings. The Balaban J connectivity index is 2.33. The SMILES string of the molecule is CCCCc1cc2c(c(=O)o1)c1ccccc1n2C. The van der Waals surface area contributed by atoms with Crippen molar-refractivity contribution in [3.8, 4) is 0 Å². The number of hydrogen-bond acceptors (Lipinski definition) is 2. The lowest BCUT2D eigenvalue weighted by Gasteiger charge is -2.01. The molecule has 19 heavy (non-hydrogen) atoms. The summed E-state index contributed by atoms with van der Waals surface area (Å²) in [5, 5.41) is 1.66. The van der Waals surface area contributed by atoms with Crippen molar-refractivity contribution in [2.45, 2.75) is 26.2 Å². The molecule has 2 heterocycles. The molecule has 0 saturated heterocycles. The van der Waals surface area contributed by atoms with E-state index in [-0.39, 0.29) is 5.63 Å². The number of para-hydroxylation sites is 1. The van der Waals surface area contributed by atoms with Crippen LogP contribution in [-0.4, -0.2) is 4.57 Å². The molecule has 0 bridgehead atoms. The van der Waals surface area contributed by atoms with E-state index in [0.717, 1.165) is 41.4 Å². The molecule has 0 aliphatic rings. The second-order valence-electron chi connectivity index (χ2n) is 4.94. The first-order valence-corrected chi connectivity index (χ1v) is 6.72. The monoisotopic (exact) mass is 255 g/mol. The van der Waals surface area contributed by atoms with Crippen LogP contribution in [-0.2, 0) is 13.5 Å². The van der Waals surface area contributed by atoms with Crippen LogP contribution >= 0.6 is 0 Å². The Kier molecular flexibility index (Phi) is 2.90. The summed E-state index contributed by atoms with van der Waals surface area (Å²) in [6, 6.07) is 9.94. The molecule has 98 valence electrons. The van der Waals surface area contributed by atoms with Crippen molar-refractivity contribution in [2.24, 2.45) is 7.05 Å². The van der Waals surface area contributed by atoms with Gasteiger partial charge in [0.25, 0.3) is 0 Å². The van der Waals surface area contributed by atoms with Gasteiger partial charge in [-0.15, -0.1) is 0 Å². The third-order valence-corrected chi connectivity index (χ3v) is 3.65. The zero-order valence-electron chi connectivity index (χ0n) is 11.3. The summed E-state index contributed by atoms with van der Waals surface area (Å²) in [5.74, 6) is 0.783. The molecule has 0 unspecified atom stereocenters. The second kappa shape index (κ2) is 4.57. The van der Waals surface area contributed by atoms with Crippen LogP contribution in [0.4, 0.5) is 0 Å². The summed E-state index contributed by atoms with van der Waals surface area (Å²) >= 11 is 0. The van der Waals surface area contributed by atoms with E-state index in [0.29, 0.717) is 5.39 Å². The van der Waals surface area contributed by atoms with Crippen molar-refractivity contribution in [3.63, 3.8) is 0 Å². The zero-order chi connectivity index (χ0) is 13.4. The van der Waals surface area contributed by atoms with Crippen molar-refractivity contribution in [1.29, 1.82) is 0 Å². The molecule has 1 aromatic carbocycles. The average Bonchev–Trinajstić information content (AvgIpc) is 2.71. The highest BCUT2D eigenvalue weighted by Gasteiger charge is 2.13. The van der Waals surface area contributed by atoms with Crippen LogP contribution in [0, 0.1) is 0 Å². The number of rotatable bonds is 3. The molecule has 0 radical (unpaired) electrons. The fourth-order valence-corrected chi connectivity index (χ4v) is 2.62. The highest BCUT2D eigenvalue weighted by Crippen LogP contribution is 2.26. The van der Waals surface area contributed by atoms with Gasteiger partial charge in [0.05, 0.1) is 10.9 Å². The van der Waals surface area contributed by atoms with E-state index >= 15 is 0 Å². The van der Waals surface area contributed by atoms with Gasteiger partial charge in [-0.2, -0.15) is 0 Å². The Morgan fingerprint density at radius 1 is 1.21 bits per heavy atom. The van der Waals surface area contributed by atoms with E-state index in [9.17, 15) is 4.79 Å². The molecule has 3 heteroatoms. The van der Waals surface area contributed by atoms with Crippen LogP contribution < -0.4 is 5.63 Å². The first-order chi connectivity index (χ1) is 9.22. The number of hydrogen-bond donors (Lipinski definition) is 0. The summed E-state index contributed by atoms with van der Waals surface area (Å²) in [4.78, 5) is 12.2. The van der Waals surface area contributed by atoms with Gasteiger partial charge in [0.1, 0.15) is 5.76 Å². The Hall–Kier alpha value is -2.03. The summed E-state index contributed by atoms with van der Waals surface area (Å²) in [7, 11) is 1.99. The first-order valence-electron chi connectivity index (χ1n) is 6.72. The van der Waals surface area contributed by atoms with Crippen molar-refractivity contribution >= 4 is 21.8 Å². The molecule has 0 saturated carbocycles. The normalized spacial score (nSPS) is 11.5. The lowest BCUT2D eigenvalue weighted by Crippen LogP contribution is -2.02. The lowest BCUT2D eigenvalue weighted by molar-refractivity contribution is 0.460. The molecule has 0 aliphatic heterocycles. The second-order valence-corrected chi connectivity index (χ2v) is 4.94. The van der Waals surface area contributed by atoms with Crippen LogP contribution in [0.3, 0.4) is 0 Å². The molecule has 3 aromatic rings. The maximum Gasteiger partial charge on any atom is 0.346 e. The van der Waals surface area contributed by atoms with Crippen molar-refractivity contribution in [2.75, 3.05) is 0 Å². The van der Waals surface area contributed by atoms with E-state index in [1.54, 1.807) is 0 Å². The molecule has 0 spiro atoms. The van der Waals surface area contributed by atoms with Crippen molar-refractivity contribution in [3.05, 3.63) is 46.5 Å². The van der Waals surface area contributed by atoms with Gasteiger partial charge in [0.15, 0.2) is 0 Å². The van der Waals surface area contributed by atoms with E-state index in [1.165, 1.54) is 0 Å². The third kappa shape index (κ3) is 1.86. The Labute approximate surface area is 111 Å². The molecular weight excluding hydrogens is 238 g/mol. The Morgan fingerprint density at radius 2 is 2.00 bits per heavy atom. The third-order valence-electron chi connectivity index (χ3n) is 3.65. The predicted octanol–water partition coefficient (Wildman–Crippen LogP) is 3.63. The maximum absolute atomic E-state index is 12.2. The van der Waals surface area contributed by atoms with Gasteiger partial charge >= 0.3 is 5.63 Å².